The molecule has 2 heterocycles. The van der Waals surface area contributed by atoms with E-state index in [2.05, 4.69) is 204 Å². The highest BCUT2D eigenvalue weighted by atomic mass is 16.3. The molecule has 3 nitrogen and oxygen atoms in total. The number of benzene rings is 9. The van der Waals surface area contributed by atoms with Crippen LogP contribution in [0, 0.1) is 0 Å². The maximum absolute atomic E-state index is 6.27. The van der Waals surface area contributed by atoms with Gasteiger partial charge in [0.25, 0.3) is 0 Å². The number of nitrogens with zero attached hydrogens (tertiary/aromatic N) is 2. The average molecular weight is 703 g/mol. The molecule has 0 N–H and O–H groups in total. The molecule has 11 rings (SSSR count). The van der Waals surface area contributed by atoms with Crippen molar-refractivity contribution in [2.24, 2.45) is 0 Å². The molecule has 0 aliphatic heterocycles. The zero-order valence-corrected chi connectivity index (χ0v) is 29.9. The van der Waals surface area contributed by atoms with E-state index in [1.807, 2.05) is 12.1 Å². The zero-order valence-electron chi connectivity index (χ0n) is 29.9. The Bertz CT molecular complexity index is 3210. The maximum atomic E-state index is 6.27. The second kappa shape index (κ2) is 12.6. The second-order valence-electron chi connectivity index (χ2n) is 14.1. The molecule has 0 radical (unpaired) electrons. The van der Waals surface area contributed by atoms with E-state index < -0.39 is 0 Å². The molecule has 0 unspecified atom stereocenters. The number of aromatic nitrogens is 1. The fourth-order valence-electron chi connectivity index (χ4n) is 8.46. The summed E-state index contributed by atoms with van der Waals surface area (Å²) in [5.41, 5.74) is 13.2. The van der Waals surface area contributed by atoms with E-state index in [4.69, 9.17) is 4.42 Å². The van der Waals surface area contributed by atoms with E-state index in [-0.39, 0.29) is 0 Å². The molecule has 0 aliphatic rings. The van der Waals surface area contributed by atoms with E-state index in [0.717, 1.165) is 61.4 Å². The summed E-state index contributed by atoms with van der Waals surface area (Å²) >= 11 is 0. The van der Waals surface area contributed by atoms with Gasteiger partial charge in [-0.1, -0.05) is 140 Å². The van der Waals surface area contributed by atoms with Gasteiger partial charge in [-0.25, -0.2) is 0 Å². The Balaban J connectivity index is 1.13. The van der Waals surface area contributed by atoms with Gasteiger partial charge in [-0.3, -0.25) is 0 Å². The Kier molecular flexibility index (Phi) is 7.17. The largest absolute Gasteiger partial charge is 0.456 e. The van der Waals surface area contributed by atoms with Gasteiger partial charge in [-0.2, -0.15) is 0 Å². The summed E-state index contributed by atoms with van der Waals surface area (Å²) in [5, 5.41) is 7.25. The van der Waals surface area contributed by atoms with Crippen molar-refractivity contribution < 1.29 is 4.42 Å². The average Bonchev–Trinajstić information content (AvgIpc) is 3.80. The minimum Gasteiger partial charge on any atom is -0.456 e. The van der Waals surface area contributed by atoms with Gasteiger partial charge >= 0.3 is 0 Å². The number of hydrogen-bond acceptors (Lipinski definition) is 2. The normalized spacial score (nSPS) is 11.6. The topological polar surface area (TPSA) is 21.3 Å². The lowest BCUT2D eigenvalue weighted by atomic mass is 9.99. The third kappa shape index (κ3) is 5.13. The first-order valence-corrected chi connectivity index (χ1v) is 18.8. The van der Waals surface area contributed by atoms with Gasteiger partial charge in [0.2, 0.25) is 0 Å². The summed E-state index contributed by atoms with van der Waals surface area (Å²) in [6, 6.07) is 74.0. The first-order chi connectivity index (χ1) is 27.3. The summed E-state index contributed by atoms with van der Waals surface area (Å²) in [4.78, 5) is 2.39. The molecular weight excluding hydrogens is 669 g/mol. The van der Waals surface area contributed by atoms with Crippen molar-refractivity contribution in [3.8, 4) is 27.9 Å². The first kappa shape index (κ1) is 31.2. The van der Waals surface area contributed by atoms with Gasteiger partial charge < -0.3 is 13.9 Å². The van der Waals surface area contributed by atoms with Crippen LogP contribution in [0.15, 0.2) is 211 Å². The third-order valence-electron chi connectivity index (χ3n) is 11.0. The number of fused-ring (bicyclic) bond motifs is 8. The summed E-state index contributed by atoms with van der Waals surface area (Å²) in [7, 11) is 0. The maximum Gasteiger partial charge on any atom is 0.135 e. The van der Waals surface area contributed by atoms with Gasteiger partial charge in [-0.05, 0) is 94.2 Å². The lowest BCUT2D eigenvalue weighted by molar-refractivity contribution is 0.669. The highest BCUT2D eigenvalue weighted by Gasteiger charge is 2.20. The van der Waals surface area contributed by atoms with E-state index >= 15 is 0 Å². The number of rotatable bonds is 6. The summed E-state index contributed by atoms with van der Waals surface area (Å²) in [6.07, 6.45) is 0. The minimum atomic E-state index is 0.880. The Morgan fingerprint density at radius 3 is 1.96 bits per heavy atom. The Labute approximate surface area is 318 Å². The molecule has 0 fully saturated rings. The molecule has 55 heavy (non-hydrogen) atoms. The Morgan fingerprint density at radius 2 is 1.07 bits per heavy atom. The third-order valence-corrected chi connectivity index (χ3v) is 11.0. The van der Waals surface area contributed by atoms with Gasteiger partial charge in [0.15, 0.2) is 0 Å². The fraction of sp³-hybridized carbons (Fsp3) is 0. The van der Waals surface area contributed by atoms with Crippen LogP contribution in [0.4, 0.5) is 17.1 Å². The van der Waals surface area contributed by atoms with Crippen LogP contribution in [0.2, 0.25) is 0 Å². The molecule has 3 heteroatoms. The van der Waals surface area contributed by atoms with Crippen molar-refractivity contribution in [2.75, 3.05) is 4.90 Å². The van der Waals surface area contributed by atoms with Crippen LogP contribution < -0.4 is 4.90 Å². The molecule has 2 aromatic heterocycles. The lowest BCUT2D eigenvalue weighted by Gasteiger charge is -2.28. The van der Waals surface area contributed by atoms with Crippen LogP contribution in [0.5, 0.6) is 0 Å². The molecule has 0 atom stereocenters. The number of anilines is 3. The minimum absolute atomic E-state index is 0.880. The molecule has 258 valence electrons. The monoisotopic (exact) mass is 702 g/mol. The molecular formula is C52H34N2O. The Morgan fingerprint density at radius 1 is 0.382 bits per heavy atom. The summed E-state index contributed by atoms with van der Waals surface area (Å²) in [6.45, 7) is 0. The molecule has 0 aliphatic carbocycles. The number of para-hydroxylation sites is 3. The Hall–Kier alpha value is -7.36. The highest BCUT2D eigenvalue weighted by molar-refractivity contribution is 6.21. The van der Waals surface area contributed by atoms with Gasteiger partial charge in [0, 0.05) is 44.2 Å². The smallest absolute Gasteiger partial charge is 0.135 e. The molecule has 0 bridgehead atoms. The van der Waals surface area contributed by atoms with Gasteiger partial charge in [0.1, 0.15) is 11.2 Å². The summed E-state index contributed by atoms with van der Waals surface area (Å²) in [5.74, 6) is 0. The van der Waals surface area contributed by atoms with Crippen molar-refractivity contribution in [1.29, 1.82) is 0 Å². The molecule has 0 saturated carbocycles. The van der Waals surface area contributed by atoms with Crippen LogP contribution in [0.25, 0.3) is 82.5 Å². The SMILES string of the molecule is c1ccc(-c2ccccc2N(c2cccc(-c3ccc4c5c6ccccc6ccc5n(-c5ccccc5)c4c3)c2)c2ccc3oc4ccccc4c3c2)cc1. The van der Waals surface area contributed by atoms with E-state index in [1.54, 1.807) is 0 Å². The van der Waals surface area contributed by atoms with E-state index in [9.17, 15) is 0 Å². The van der Waals surface area contributed by atoms with Crippen LogP contribution in [-0.2, 0) is 0 Å². The highest BCUT2D eigenvalue weighted by Crippen LogP contribution is 2.44. The predicted molar refractivity (Wildman–Crippen MR) is 231 cm³/mol. The van der Waals surface area contributed by atoms with Crippen molar-refractivity contribution >= 4 is 71.6 Å². The lowest BCUT2D eigenvalue weighted by Crippen LogP contribution is -2.11. The molecule has 0 amide bonds. The molecule has 0 saturated heterocycles. The second-order valence-corrected chi connectivity index (χ2v) is 14.1. The number of hydrogen-bond donors (Lipinski definition) is 0. The summed E-state index contributed by atoms with van der Waals surface area (Å²) < 4.78 is 8.68. The van der Waals surface area contributed by atoms with Crippen LogP contribution >= 0.6 is 0 Å². The standard InChI is InChI=1S/C52H34N2O/c1-3-14-35(15-4-1)42-21-9-11-24-47(42)53(41-28-31-51-46(34-41)44-23-10-12-25-50(44)55-51)40-20-13-17-37(32-40)38-26-29-45-49(33-38)54(39-18-5-2-6-19-39)48-30-27-36-16-7-8-22-43(36)52(45)48/h1-34H. The van der Waals surface area contributed by atoms with Crippen LogP contribution in [-0.4, -0.2) is 4.57 Å². The van der Waals surface area contributed by atoms with E-state index in [1.165, 1.54) is 38.1 Å². The fourth-order valence-corrected chi connectivity index (χ4v) is 8.46. The quantitative estimate of drug-likeness (QED) is 0.172. The van der Waals surface area contributed by atoms with Crippen LogP contribution in [0.1, 0.15) is 0 Å². The van der Waals surface area contributed by atoms with E-state index in [0.29, 0.717) is 0 Å². The van der Waals surface area contributed by atoms with Crippen molar-refractivity contribution in [3.05, 3.63) is 206 Å². The zero-order chi connectivity index (χ0) is 36.3. The molecule has 0 spiro atoms. The molecule has 11 aromatic rings. The van der Waals surface area contributed by atoms with Gasteiger partial charge in [0.05, 0.1) is 16.7 Å². The molecule has 9 aromatic carbocycles. The first-order valence-electron chi connectivity index (χ1n) is 18.8. The van der Waals surface area contributed by atoms with Crippen LogP contribution in [0.3, 0.4) is 0 Å². The number of furan rings is 1. The predicted octanol–water partition coefficient (Wildman–Crippen LogP) is 14.6. The van der Waals surface area contributed by atoms with Crippen molar-refractivity contribution in [2.45, 2.75) is 0 Å². The van der Waals surface area contributed by atoms with Crippen molar-refractivity contribution in [3.63, 3.8) is 0 Å². The van der Waals surface area contributed by atoms with Gasteiger partial charge in [-0.15, -0.1) is 0 Å². The van der Waals surface area contributed by atoms with Crippen molar-refractivity contribution in [1.82, 2.24) is 4.57 Å².